The molecule has 0 fully saturated rings. The molecule has 0 aliphatic heterocycles. The zero-order valence-electron chi connectivity index (χ0n) is 18.4. The lowest BCUT2D eigenvalue weighted by Gasteiger charge is -2.17. The van der Waals surface area contributed by atoms with E-state index in [2.05, 4.69) is 24.3 Å². The molecule has 7 nitrogen and oxygen atoms in total. The maximum absolute atomic E-state index is 13.1. The molecule has 8 heteroatoms. The quantitative estimate of drug-likeness (QED) is 0.457. The van der Waals surface area contributed by atoms with Crippen LogP contribution in [0, 0.1) is 19.8 Å². The highest BCUT2D eigenvalue weighted by Gasteiger charge is 2.21. The minimum Gasteiger partial charge on any atom is -0.322 e. The number of hydrogen-bond acceptors (Lipinski definition) is 5. The summed E-state index contributed by atoms with van der Waals surface area (Å²) < 4.78 is 3.45. The molecular weight excluding hydrogens is 398 g/mol. The Hall–Kier alpha value is -2.61. The van der Waals surface area contributed by atoms with E-state index in [-0.39, 0.29) is 11.5 Å². The van der Waals surface area contributed by atoms with Crippen molar-refractivity contribution in [2.24, 2.45) is 13.0 Å². The van der Waals surface area contributed by atoms with Crippen LogP contribution in [0.4, 0.5) is 5.69 Å². The van der Waals surface area contributed by atoms with Gasteiger partial charge in [0.15, 0.2) is 5.16 Å². The zero-order valence-corrected chi connectivity index (χ0v) is 19.2. The number of aryl methyl sites for hydroxylation is 2. The molecule has 0 bridgehead atoms. The third kappa shape index (κ3) is 4.59. The fraction of sp³-hybridized carbons (Fsp3) is 0.455. The largest absolute Gasteiger partial charge is 0.322 e. The van der Waals surface area contributed by atoms with Crippen LogP contribution < -0.4 is 10.9 Å². The van der Waals surface area contributed by atoms with Crippen molar-refractivity contribution in [1.29, 1.82) is 0 Å². The van der Waals surface area contributed by atoms with Gasteiger partial charge in [-0.3, -0.25) is 18.8 Å². The van der Waals surface area contributed by atoms with Gasteiger partial charge in [0, 0.05) is 13.6 Å². The van der Waals surface area contributed by atoms with Crippen LogP contribution in [-0.4, -0.2) is 30.5 Å². The maximum atomic E-state index is 13.1. The summed E-state index contributed by atoms with van der Waals surface area (Å²) in [4.78, 5) is 30.7. The number of nitrogens with one attached hydrogen (secondary N) is 1. The number of anilines is 1. The average Bonchev–Trinajstić information content (AvgIpc) is 2.93. The number of thioether (sulfide) groups is 1. The molecule has 1 aromatic carbocycles. The molecule has 2 aromatic heterocycles. The highest BCUT2D eigenvalue weighted by atomic mass is 32.2. The lowest BCUT2D eigenvalue weighted by molar-refractivity contribution is -0.115. The second kappa shape index (κ2) is 9.04. The number of benzene rings is 1. The molecule has 0 unspecified atom stereocenters. The van der Waals surface area contributed by atoms with Crippen LogP contribution in [0.5, 0.6) is 0 Å². The number of hydrogen-bond donors (Lipinski definition) is 1. The number of carbonyl (C=O) groups excluding carboxylic acids is 1. The molecule has 1 amide bonds. The molecule has 160 valence electrons. The van der Waals surface area contributed by atoms with Crippen molar-refractivity contribution in [1.82, 2.24) is 19.3 Å². The van der Waals surface area contributed by atoms with Crippen LogP contribution in [0.25, 0.3) is 10.9 Å². The van der Waals surface area contributed by atoms with Crippen LogP contribution in [0.15, 0.2) is 34.2 Å². The second-order valence-corrected chi connectivity index (χ2v) is 9.28. The van der Waals surface area contributed by atoms with Gasteiger partial charge in [0.1, 0.15) is 0 Å². The lowest BCUT2D eigenvalue weighted by atomic mass is 10.1. The van der Waals surface area contributed by atoms with Crippen LogP contribution in [0.1, 0.15) is 38.6 Å². The van der Waals surface area contributed by atoms with Gasteiger partial charge in [0.05, 0.1) is 33.2 Å². The summed E-state index contributed by atoms with van der Waals surface area (Å²) in [7, 11) is 1.85. The van der Waals surface area contributed by atoms with Gasteiger partial charge in [-0.05, 0) is 45.2 Å². The van der Waals surface area contributed by atoms with Crippen molar-refractivity contribution >= 4 is 34.3 Å². The molecule has 1 N–H and O–H groups in total. The molecule has 0 aliphatic carbocycles. The van der Waals surface area contributed by atoms with Crippen molar-refractivity contribution < 1.29 is 4.79 Å². The van der Waals surface area contributed by atoms with E-state index in [1.165, 1.54) is 11.8 Å². The van der Waals surface area contributed by atoms with E-state index in [1.54, 1.807) is 15.3 Å². The molecule has 30 heavy (non-hydrogen) atoms. The van der Waals surface area contributed by atoms with Crippen LogP contribution in [0.2, 0.25) is 0 Å². The summed E-state index contributed by atoms with van der Waals surface area (Å²) in [5.74, 6) is 0.315. The van der Waals surface area contributed by atoms with Gasteiger partial charge in [-0.15, -0.1) is 0 Å². The van der Waals surface area contributed by atoms with Crippen molar-refractivity contribution in [3.8, 4) is 0 Å². The van der Waals surface area contributed by atoms with Gasteiger partial charge in [0.2, 0.25) is 5.91 Å². The van der Waals surface area contributed by atoms with Gasteiger partial charge < -0.3 is 5.32 Å². The number of rotatable bonds is 7. The fourth-order valence-electron chi connectivity index (χ4n) is 3.21. The minimum atomic E-state index is -0.428. The molecule has 0 radical (unpaired) electrons. The average molecular weight is 428 g/mol. The summed E-state index contributed by atoms with van der Waals surface area (Å²) in [6, 6.07) is 7.35. The first-order valence-corrected chi connectivity index (χ1v) is 11.0. The highest BCUT2D eigenvalue weighted by molar-refractivity contribution is 8.00. The van der Waals surface area contributed by atoms with E-state index in [0.29, 0.717) is 28.5 Å². The molecule has 0 saturated carbocycles. The summed E-state index contributed by atoms with van der Waals surface area (Å²) in [5.41, 5.74) is 3.00. The lowest BCUT2D eigenvalue weighted by Crippen LogP contribution is -2.27. The molecular formula is C22H29N5O2S. The molecule has 2 heterocycles. The van der Waals surface area contributed by atoms with Crippen molar-refractivity contribution in [3.63, 3.8) is 0 Å². The smallest absolute Gasteiger partial charge is 0.262 e. The van der Waals surface area contributed by atoms with E-state index in [1.807, 2.05) is 46.0 Å². The Morgan fingerprint density at radius 3 is 2.53 bits per heavy atom. The van der Waals surface area contributed by atoms with Gasteiger partial charge in [-0.25, -0.2) is 4.98 Å². The van der Waals surface area contributed by atoms with Crippen LogP contribution >= 0.6 is 11.8 Å². The number of nitrogens with zero attached hydrogens (tertiary/aromatic N) is 4. The summed E-state index contributed by atoms with van der Waals surface area (Å²) in [5, 5.41) is 8.07. The van der Waals surface area contributed by atoms with Gasteiger partial charge in [-0.1, -0.05) is 37.7 Å². The number of aromatic nitrogens is 4. The summed E-state index contributed by atoms with van der Waals surface area (Å²) in [6.07, 6.45) is 0.863. The predicted molar refractivity (Wildman–Crippen MR) is 122 cm³/mol. The Kier molecular flexibility index (Phi) is 6.65. The third-order valence-electron chi connectivity index (χ3n) is 5.17. The van der Waals surface area contributed by atoms with Crippen molar-refractivity contribution in [2.45, 2.75) is 58.0 Å². The Morgan fingerprint density at radius 1 is 1.20 bits per heavy atom. The summed E-state index contributed by atoms with van der Waals surface area (Å²) in [6.45, 7) is 10.4. The predicted octanol–water partition coefficient (Wildman–Crippen LogP) is 3.91. The van der Waals surface area contributed by atoms with E-state index in [9.17, 15) is 9.59 Å². The van der Waals surface area contributed by atoms with Gasteiger partial charge >= 0.3 is 0 Å². The van der Waals surface area contributed by atoms with Gasteiger partial charge in [0.25, 0.3) is 5.56 Å². The minimum absolute atomic E-state index is 0.0599. The molecule has 0 saturated heterocycles. The van der Waals surface area contributed by atoms with E-state index >= 15 is 0 Å². The monoisotopic (exact) mass is 427 g/mol. The number of amides is 1. The second-order valence-electron chi connectivity index (χ2n) is 7.97. The Bertz CT molecular complexity index is 1130. The van der Waals surface area contributed by atoms with Crippen molar-refractivity contribution in [3.05, 3.63) is 46.0 Å². The summed E-state index contributed by atoms with van der Waals surface area (Å²) >= 11 is 1.31. The van der Waals surface area contributed by atoms with Crippen LogP contribution in [-0.2, 0) is 18.4 Å². The fourth-order valence-corrected chi connectivity index (χ4v) is 4.15. The Labute approximate surface area is 180 Å². The molecule has 3 rings (SSSR count). The maximum Gasteiger partial charge on any atom is 0.262 e. The molecule has 1 atom stereocenters. The zero-order chi connectivity index (χ0) is 22.0. The molecule has 0 aliphatic rings. The third-order valence-corrected chi connectivity index (χ3v) is 6.26. The Balaban J connectivity index is 1.90. The topological polar surface area (TPSA) is 81.8 Å². The van der Waals surface area contributed by atoms with E-state index < -0.39 is 5.25 Å². The highest BCUT2D eigenvalue weighted by Crippen LogP contribution is 2.25. The molecule has 0 spiro atoms. The molecule has 3 aromatic rings. The first-order valence-electron chi connectivity index (χ1n) is 10.2. The standard InChI is InChI=1S/C22H29N5O2S/c1-13(2)11-12-27-21(29)17-9-7-8-10-18(17)23-22(27)30-16(5)20(28)24-19-14(3)25-26(6)15(19)4/h7-10,13,16H,11-12H2,1-6H3,(H,24,28)/t16-/m0/s1. The van der Waals surface area contributed by atoms with Crippen LogP contribution in [0.3, 0.4) is 0 Å². The normalized spacial score (nSPS) is 12.5. The number of fused-ring (bicyclic) bond motifs is 1. The number of para-hydroxylation sites is 1. The van der Waals surface area contributed by atoms with E-state index in [0.717, 1.165) is 23.5 Å². The van der Waals surface area contributed by atoms with Crippen molar-refractivity contribution in [2.75, 3.05) is 5.32 Å². The Morgan fingerprint density at radius 2 is 1.90 bits per heavy atom. The first-order chi connectivity index (χ1) is 14.2. The van der Waals surface area contributed by atoms with Gasteiger partial charge in [-0.2, -0.15) is 5.10 Å². The SMILES string of the molecule is Cc1nn(C)c(C)c1NC(=O)[C@H](C)Sc1nc2ccccc2c(=O)n1CCC(C)C. The first kappa shape index (κ1) is 22.1. The number of carbonyl (C=O) groups is 1. The van der Waals surface area contributed by atoms with E-state index in [4.69, 9.17) is 4.98 Å².